The molecule has 210 valence electrons. The van der Waals surface area contributed by atoms with Gasteiger partial charge in [0.05, 0.1) is 23.2 Å². The molecule has 9 nitrogen and oxygen atoms in total. The molecule has 0 saturated carbocycles. The van der Waals surface area contributed by atoms with E-state index in [1.165, 1.54) is 53.6 Å². The molecule has 2 N–H and O–H groups in total. The Bertz CT molecular complexity index is 1870. The number of anilines is 1. The molecule has 5 aromatic rings. The van der Waals surface area contributed by atoms with Crippen molar-refractivity contribution in [2.45, 2.75) is 16.1 Å². The minimum atomic E-state index is -1.08. The number of aliphatic hydroxyl groups excluding tert-OH is 1. The van der Waals surface area contributed by atoms with Gasteiger partial charge >= 0.3 is 5.91 Å². The van der Waals surface area contributed by atoms with E-state index in [-0.39, 0.29) is 32.4 Å². The molecule has 12 heteroatoms. The maximum Gasteiger partial charge on any atom is 0.301 e. The van der Waals surface area contributed by atoms with Crippen LogP contribution in [0.2, 0.25) is 0 Å². The third kappa shape index (κ3) is 5.02. The summed E-state index contributed by atoms with van der Waals surface area (Å²) in [5.41, 5.74) is 1.73. The van der Waals surface area contributed by atoms with Gasteiger partial charge < -0.3 is 14.9 Å². The van der Waals surface area contributed by atoms with Crippen molar-refractivity contribution in [2.75, 3.05) is 12.0 Å². The molecule has 42 heavy (non-hydrogen) atoms. The number of aromatic nitrogens is 3. The van der Waals surface area contributed by atoms with Crippen LogP contribution in [0.5, 0.6) is 11.5 Å². The number of thioether (sulfide) groups is 1. The highest BCUT2D eigenvalue weighted by Crippen LogP contribution is 2.47. The Kier molecular flexibility index (Phi) is 7.67. The second-order valence-electron chi connectivity index (χ2n) is 9.24. The Morgan fingerprint density at radius 3 is 2.62 bits per heavy atom. The molecule has 0 spiro atoms. The third-order valence-corrected chi connectivity index (χ3v) is 9.53. The number of halogens is 1. The lowest BCUT2D eigenvalue weighted by atomic mass is 9.95. The van der Waals surface area contributed by atoms with Crippen LogP contribution < -0.4 is 9.64 Å². The smallest absolute Gasteiger partial charge is 0.301 e. The van der Waals surface area contributed by atoms with Crippen molar-refractivity contribution >= 4 is 72.4 Å². The number of carbonyl (C=O) groups is 2. The molecule has 3 heterocycles. The summed E-state index contributed by atoms with van der Waals surface area (Å²) >= 11 is 5.97. The zero-order chi connectivity index (χ0) is 29.4. The summed E-state index contributed by atoms with van der Waals surface area (Å²) in [4.78, 5) is 32.2. The lowest BCUT2D eigenvalue weighted by Crippen LogP contribution is -2.29. The van der Waals surface area contributed by atoms with Crippen molar-refractivity contribution in [3.63, 3.8) is 0 Å². The Balaban J connectivity index is 1.41. The minimum absolute atomic E-state index is 0.123. The van der Waals surface area contributed by atoms with Crippen molar-refractivity contribution in [2.24, 2.45) is 0 Å². The Morgan fingerprint density at radius 1 is 1.07 bits per heavy atom. The summed E-state index contributed by atoms with van der Waals surface area (Å²) in [5, 5.41) is 32.8. The number of phenolic OH excluding ortho intramolecular Hbond substituents is 1. The number of hydrogen-bond donors (Lipinski definition) is 2. The maximum absolute atomic E-state index is 13.5. The van der Waals surface area contributed by atoms with E-state index >= 15 is 0 Å². The number of amides is 1. The Morgan fingerprint density at radius 2 is 1.83 bits per heavy atom. The van der Waals surface area contributed by atoms with Crippen molar-refractivity contribution in [3.05, 3.63) is 106 Å². The number of ketones is 1. The SMILES string of the molecule is COc1cc(C2C(=C(O)c3ccncc3)C(=O)C(=O)N2c2nnc(SCc3cccc4ccccc34)s2)cc(Br)c1O. The summed E-state index contributed by atoms with van der Waals surface area (Å²) in [6, 6.07) is 19.4. The highest BCUT2D eigenvalue weighted by atomic mass is 79.9. The largest absolute Gasteiger partial charge is 0.507 e. The highest BCUT2D eigenvalue weighted by molar-refractivity contribution is 9.10. The van der Waals surface area contributed by atoms with E-state index in [0.717, 1.165) is 16.3 Å². The van der Waals surface area contributed by atoms with Gasteiger partial charge in [0.25, 0.3) is 5.78 Å². The molecular weight excluding hydrogens is 640 g/mol. The predicted octanol–water partition coefficient (Wildman–Crippen LogP) is 6.48. The number of fused-ring (bicyclic) bond motifs is 1. The van der Waals surface area contributed by atoms with Crippen LogP contribution in [0.25, 0.3) is 16.5 Å². The first-order valence-electron chi connectivity index (χ1n) is 12.6. The van der Waals surface area contributed by atoms with Gasteiger partial charge in [0.2, 0.25) is 5.13 Å². The van der Waals surface area contributed by atoms with Crippen molar-refractivity contribution < 1.29 is 24.5 Å². The Hall–Kier alpha value is -4.26. The molecule has 1 amide bonds. The number of aromatic hydroxyl groups is 1. The first-order valence-corrected chi connectivity index (χ1v) is 15.2. The van der Waals surface area contributed by atoms with E-state index in [1.54, 1.807) is 18.2 Å². The Labute approximate surface area is 256 Å². The maximum atomic E-state index is 13.5. The first kappa shape index (κ1) is 27.9. The van der Waals surface area contributed by atoms with Crippen LogP contribution in [0.3, 0.4) is 0 Å². The van der Waals surface area contributed by atoms with Gasteiger partial charge in [-0.25, -0.2) is 0 Å². The fourth-order valence-electron chi connectivity index (χ4n) is 4.83. The van der Waals surface area contributed by atoms with E-state index in [4.69, 9.17) is 4.74 Å². The molecule has 0 radical (unpaired) electrons. The topological polar surface area (TPSA) is 126 Å². The van der Waals surface area contributed by atoms with Crippen LogP contribution >= 0.6 is 39.0 Å². The standard InChI is InChI=1S/C30H21BrN4O5S2/c1-40-22-14-19(13-21(31)26(22)37)24-23(25(36)17-9-11-32-12-10-17)27(38)28(39)35(24)29-33-34-30(42-29)41-15-18-7-4-6-16-5-2-3-8-20(16)18/h2-14,24,36-37H,15H2,1H3. The van der Waals surface area contributed by atoms with E-state index < -0.39 is 17.7 Å². The van der Waals surface area contributed by atoms with Crippen LogP contribution in [-0.2, 0) is 15.3 Å². The fraction of sp³-hybridized carbons (Fsp3) is 0.100. The number of methoxy groups -OCH3 is 1. The zero-order valence-corrected chi connectivity index (χ0v) is 25.1. The molecule has 1 aliphatic rings. The number of carbonyl (C=O) groups excluding carboxylic acids is 2. The molecule has 2 aromatic heterocycles. The zero-order valence-electron chi connectivity index (χ0n) is 21.9. The quantitative estimate of drug-likeness (QED) is 0.0663. The van der Waals surface area contributed by atoms with Gasteiger partial charge in [0, 0.05) is 23.7 Å². The van der Waals surface area contributed by atoms with Crippen molar-refractivity contribution in [3.8, 4) is 11.5 Å². The minimum Gasteiger partial charge on any atom is -0.507 e. The molecule has 1 saturated heterocycles. The molecule has 1 atom stereocenters. The van der Waals surface area contributed by atoms with Crippen LogP contribution in [0.1, 0.15) is 22.7 Å². The van der Waals surface area contributed by atoms with E-state index in [2.05, 4.69) is 55.4 Å². The van der Waals surface area contributed by atoms with E-state index in [1.807, 2.05) is 18.2 Å². The monoisotopic (exact) mass is 660 g/mol. The van der Waals surface area contributed by atoms with Gasteiger partial charge in [0.15, 0.2) is 15.8 Å². The summed E-state index contributed by atoms with van der Waals surface area (Å²) < 4.78 is 6.22. The third-order valence-electron chi connectivity index (χ3n) is 6.82. The van der Waals surface area contributed by atoms with Gasteiger partial charge in [-0.1, -0.05) is 65.6 Å². The summed E-state index contributed by atoms with van der Waals surface area (Å²) in [6.07, 6.45) is 2.95. The van der Waals surface area contributed by atoms with Gasteiger partial charge in [-0.3, -0.25) is 19.5 Å². The molecular formula is C30H21BrN4O5S2. The molecule has 0 aliphatic carbocycles. The first-order chi connectivity index (χ1) is 20.4. The summed E-state index contributed by atoms with van der Waals surface area (Å²) in [5.74, 6) is -1.49. The van der Waals surface area contributed by atoms with Crippen molar-refractivity contribution in [1.29, 1.82) is 0 Å². The number of Topliss-reactive ketones (excluding diaryl/α,β-unsaturated/α-hetero) is 1. The highest BCUT2D eigenvalue weighted by Gasteiger charge is 2.48. The summed E-state index contributed by atoms with van der Waals surface area (Å²) in [7, 11) is 1.39. The average molecular weight is 662 g/mol. The second-order valence-corrected chi connectivity index (χ2v) is 12.3. The number of pyridine rings is 1. The number of nitrogens with zero attached hydrogens (tertiary/aromatic N) is 4. The van der Waals surface area contributed by atoms with Crippen LogP contribution in [0.4, 0.5) is 5.13 Å². The molecule has 0 bridgehead atoms. The van der Waals surface area contributed by atoms with Gasteiger partial charge in [-0.2, -0.15) is 0 Å². The number of ether oxygens (including phenoxy) is 1. The van der Waals surface area contributed by atoms with Gasteiger partial charge in [0.1, 0.15) is 5.76 Å². The second kappa shape index (κ2) is 11.6. The molecule has 1 aliphatic heterocycles. The number of rotatable bonds is 7. The van der Waals surface area contributed by atoms with Crippen LogP contribution in [-0.4, -0.2) is 44.2 Å². The van der Waals surface area contributed by atoms with Crippen molar-refractivity contribution in [1.82, 2.24) is 15.2 Å². The van der Waals surface area contributed by atoms with Crippen LogP contribution in [0.15, 0.2) is 93.5 Å². The number of benzene rings is 3. The fourth-order valence-corrected chi connectivity index (χ4v) is 7.17. The lowest BCUT2D eigenvalue weighted by molar-refractivity contribution is -0.132. The van der Waals surface area contributed by atoms with Gasteiger partial charge in [-0.15, -0.1) is 10.2 Å². The predicted molar refractivity (Wildman–Crippen MR) is 165 cm³/mol. The molecule has 1 unspecified atom stereocenters. The van der Waals surface area contributed by atoms with Crippen LogP contribution in [0, 0.1) is 0 Å². The summed E-state index contributed by atoms with van der Waals surface area (Å²) in [6.45, 7) is 0. The number of phenols is 1. The van der Waals surface area contributed by atoms with Gasteiger partial charge in [-0.05, 0) is 62.1 Å². The molecule has 1 fully saturated rings. The lowest BCUT2D eigenvalue weighted by Gasteiger charge is -2.23. The number of hydrogen-bond acceptors (Lipinski definition) is 10. The van der Waals surface area contributed by atoms with E-state index in [0.29, 0.717) is 21.2 Å². The number of aliphatic hydroxyl groups is 1. The molecule has 3 aromatic carbocycles. The average Bonchev–Trinajstić information content (AvgIpc) is 3.59. The van der Waals surface area contributed by atoms with E-state index in [9.17, 15) is 19.8 Å². The normalized spacial score (nSPS) is 16.3. The molecule has 6 rings (SSSR count).